The van der Waals surface area contributed by atoms with E-state index in [0.717, 1.165) is 6.07 Å². The zero-order valence-corrected chi connectivity index (χ0v) is 9.99. The summed E-state index contributed by atoms with van der Waals surface area (Å²) < 4.78 is 9.94. The second-order valence-corrected chi connectivity index (χ2v) is 4.09. The zero-order valence-electron chi connectivity index (χ0n) is 9.99. The van der Waals surface area contributed by atoms with Gasteiger partial charge in [0.25, 0.3) is 0 Å². The van der Waals surface area contributed by atoms with Gasteiger partial charge in [-0.1, -0.05) is 12.1 Å². The lowest BCUT2D eigenvalue weighted by Crippen LogP contribution is -2.15. The number of phenols is 2. The first kappa shape index (κ1) is 12.0. The molecule has 20 heavy (non-hydrogen) atoms. The molecule has 100 valence electrons. The Morgan fingerprint density at radius 2 is 1.40 bits per heavy atom. The third-order valence-corrected chi connectivity index (χ3v) is 2.84. The lowest BCUT2D eigenvalue weighted by molar-refractivity contribution is 0.0702. The number of esters is 2. The summed E-state index contributed by atoms with van der Waals surface area (Å²) in [5, 5.41) is 19.5. The summed E-state index contributed by atoms with van der Waals surface area (Å²) in [7, 11) is 0. The van der Waals surface area contributed by atoms with Crippen LogP contribution in [0, 0.1) is 0 Å². The molecule has 1 aliphatic rings. The Bertz CT molecular complexity index is 734. The normalized spacial score (nSPS) is 13.4. The molecule has 0 radical (unpaired) electrons. The van der Waals surface area contributed by atoms with E-state index >= 15 is 0 Å². The molecular formula is C14H8O6. The van der Waals surface area contributed by atoms with Crippen LogP contribution in [0.15, 0.2) is 36.4 Å². The first-order valence-electron chi connectivity index (χ1n) is 5.66. The van der Waals surface area contributed by atoms with Gasteiger partial charge in [0, 0.05) is 0 Å². The van der Waals surface area contributed by atoms with Gasteiger partial charge in [-0.3, -0.25) is 0 Å². The molecule has 1 aliphatic heterocycles. The van der Waals surface area contributed by atoms with Crippen molar-refractivity contribution in [3.05, 3.63) is 47.5 Å². The van der Waals surface area contributed by atoms with Crippen molar-refractivity contribution < 1.29 is 29.3 Å². The molecule has 0 fully saturated rings. The summed E-state index contributed by atoms with van der Waals surface area (Å²) in [4.78, 5) is 24.0. The molecule has 3 rings (SSSR count). The van der Waals surface area contributed by atoms with E-state index in [1.807, 2.05) is 0 Å². The molecule has 0 amide bonds. The fourth-order valence-corrected chi connectivity index (χ4v) is 1.87. The van der Waals surface area contributed by atoms with Gasteiger partial charge in [-0.05, 0) is 24.3 Å². The van der Waals surface area contributed by atoms with Gasteiger partial charge >= 0.3 is 11.9 Å². The Balaban J connectivity index is 2.24. The highest BCUT2D eigenvalue weighted by molar-refractivity contribution is 6.05. The third kappa shape index (κ3) is 1.74. The number of rotatable bonds is 0. The summed E-state index contributed by atoms with van der Waals surface area (Å²) in [5.74, 6) is -3.37. The van der Waals surface area contributed by atoms with Crippen LogP contribution >= 0.6 is 0 Å². The molecule has 1 heterocycles. The number of carbonyl (C=O) groups is 2. The summed E-state index contributed by atoms with van der Waals surface area (Å²) in [5.41, 5.74) is -0.00223. The summed E-state index contributed by atoms with van der Waals surface area (Å²) in [6.45, 7) is 0. The topological polar surface area (TPSA) is 93.1 Å². The molecule has 0 unspecified atom stereocenters. The van der Waals surface area contributed by atoms with Crippen LogP contribution < -0.4 is 9.47 Å². The number of hydrogen-bond donors (Lipinski definition) is 2. The molecule has 0 saturated carbocycles. The van der Waals surface area contributed by atoms with Crippen molar-refractivity contribution in [3.8, 4) is 23.0 Å². The van der Waals surface area contributed by atoms with Crippen LogP contribution in [0.25, 0.3) is 0 Å². The molecule has 0 aliphatic carbocycles. The van der Waals surface area contributed by atoms with Crippen molar-refractivity contribution in [1.82, 2.24) is 0 Å². The average Bonchev–Trinajstić information content (AvgIpc) is 2.47. The quantitative estimate of drug-likeness (QED) is 0.561. The lowest BCUT2D eigenvalue weighted by Gasteiger charge is -2.08. The van der Waals surface area contributed by atoms with Crippen LogP contribution in [0.1, 0.15) is 20.7 Å². The Morgan fingerprint density at radius 3 is 2.05 bits per heavy atom. The lowest BCUT2D eigenvalue weighted by atomic mass is 10.1. The van der Waals surface area contributed by atoms with E-state index in [2.05, 4.69) is 0 Å². The predicted molar refractivity (Wildman–Crippen MR) is 66.1 cm³/mol. The molecule has 2 aromatic rings. The van der Waals surface area contributed by atoms with Crippen molar-refractivity contribution in [2.45, 2.75) is 0 Å². The fourth-order valence-electron chi connectivity index (χ4n) is 1.87. The van der Waals surface area contributed by atoms with Gasteiger partial charge in [0.05, 0.1) is 11.1 Å². The molecule has 6 nitrogen and oxygen atoms in total. The number of phenolic OH excluding ortho intramolecular Hbond substituents is 2. The molecular weight excluding hydrogens is 264 g/mol. The molecule has 0 saturated heterocycles. The molecule has 6 heteroatoms. The second kappa shape index (κ2) is 4.27. The van der Waals surface area contributed by atoms with E-state index in [1.54, 1.807) is 12.1 Å². The average molecular weight is 272 g/mol. The van der Waals surface area contributed by atoms with Crippen molar-refractivity contribution >= 4 is 11.9 Å². The summed E-state index contributed by atoms with van der Waals surface area (Å²) in [6.07, 6.45) is 0. The van der Waals surface area contributed by atoms with Crippen LogP contribution in [0.4, 0.5) is 0 Å². The van der Waals surface area contributed by atoms with Crippen LogP contribution in [0.3, 0.4) is 0 Å². The van der Waals surface area contributed by atoms with E-state index in [-0.39, 0.29) is 16.9 Å². The van der Waals surface area contributed by atoms with Crippen molar-refractivity contribution in [2.75, 3.05) is 0 Å². The van der Waals surface area contributed by atoms with Gasteiger partial charge < -0.3 is 19.7 Å². The van der Waals surface area contributed by atoms with Crippen LogP contribution in [-0.4, -0.2) is 22.2 Å². The third-order valence-electron chi connectivity index (χ3n) is 2.84. The number of aromatic hydroxyl groups is 2. The zero-order chi connectivity index (χ0) is 14.3. The number of benzene rings is 2. The largest absolute Gasteiger partial charge is 0.504 e. The molecule has 0 spiro atoms. The predicted octanol–water partition coefficient (Wildman–Crippen LogP) is 1.85. The summed E-state index contributed by atoms with van der Waals surface area (Å²) in [6, 6.07) is 8.28. The Hall–Kier alpha value is -3.02. The molecule has 0 atom stereocenters. The Labute approximate surface area is 112 Å². The van der Waals surface area contributed by atoms with Crippen LogP contribution in [0.5, 0.6) is 23.0 Å². The van der Waals surface area contributed by atoms with Gasteiger partial charge in [0.15, 0.2) is 11.5 Å². The maximum Gasteiger partial charge on any atom is 0.344 e. The van der Waals surface area contributed by atoms with Gasteiger partial charge in [0.2, 0.25) is 11.5 Å². The van der Waals surface area contributed by atoms with E-state index < -0.39 is 29.2 Å². The fraction of sp³-hybridized carbons (Fsp3) is 0. The monoisotopic (exact) mass is 272 g/mol. The minimum absolute atomic E-state index is 0.0128. The highest BCUT2D eigenvalue weighted by atomic mass is 16.6. The maximum absolute atomic E-state index is 12.0. The standard InChI is InChI=1S/C14H8O6/c15-9-5-6-10-11(16)12(9)20-14(18)8-4-2-1-3-7(8)13(17)19-10/h1-6,15-16H. The van der Waals surface area contributed by atoms with Crippen LogP contribution in [0.2, 0.25) is 0 Å². The number of hydrogen-bond acceptors (Lipinski definition) is 6. The van der Waals surface area contributed by atoms with Gasteiger partial charge in [-0.15, -0.1) is 0 Å². The van der Waals surface area contributed by atoms with E-state index in [4.69, 9.17) is 9.47 Å². The number of ether oxygens (including phenoxy) is 2. The first-order chi connectivity index (χ1) is 9.58. The minimum Gasteiger partial charge on any atom is -0.504 e. The van der Waals surface area contributed by atoms with Crippen LogP contribution in [-0.2, 0) is 0 Å². The van der Waals surface area contributed by atoms with Gasteiger partial charge in [-0.2, -0.15) is 0 Å². The van der Waals surface area contributed by atoms with Gasteiger partial charge in [-0.25, -0.2) is 9.59 Å². The second-order valence-electron chi connectivity index (χ2n) is 4.09. The number of carbonyl (C=O) groups excluding carboxylic acids is 2. The Kier molecular flexibility index (Phi) is 2.57. The first-order valence-corrected chi connectivity index (χ1v) is 5.66. The van der Waals surface area contributed by atoms with Gasteiger partial charge in [0.1, 0.15) is 0 Å². The minimum atomic E-state index is -0.873. The van der Waals surface area contributed by atoms with E-state index in [9.17, 15) is 19.8 Å². The molecule has 2 bridgehead atoms. The maximum atomic E-state index is 12.0. The smallest absolute Gasteiger partial charge is 0.344 e. The SMILES string of the molecule is O=C1Oc2ccc(O)c(c2O)OC(=O)c2ccccc21. The number of fused-ring (bicyclic) bond motifs is 3. The Morgan fingerprint density at radius 1 is 0.800 bits per heavy atom. The molecule has 2 aromatic carbocycles. The van der Waals surface area contributed by atoms with Crippen molar-refractivity contribution in [2.24, 2.45) is 0 Å². The van der Waals surface area contributed by atoms with Crippen molar-refractivity contribution in [1.29, 1.82) is 0 Å². The van der Waals surface area contributed by atoms with Crippen molar-refractivity contribution in [3.63, 3.8) is 0 Å². The van der Waals surface area contributed by atoms with E-state index in [1.165, 1.54) is 18.2 Å². The molecule has 2 N–H and O–H groups in total. The highest BCUT2D eigenvalue weighted by Crippen LogP contribution is 2.44. The highest BCUT2D eigenvalue weighted by Gasteiger charge is 2.27. The van der Waals surface area contributed by atoms with E-state index in [0.29, 0.717) is 0 Å². The molecule has 0 aromatic heterocycles. The summed E-state index contributed by atoms with van der Waals surface area (Å²) >= 11 is 0.